The van der Waals surface area contributed by atoms with Crippen LogP contribution in [0.1, 0.15) is 181 Å². The summed E-state index contributed by atoms with van der Waals surface area (Å²) in [5.74, 6) is -0.964. The number of rotatable bonds is 44. The van der Waals surface area contributed by atoms with Gasteiger partial charge in [-0.25, -0.2) is 4.57 Å². The van der Waals surface area contributed by atoms with Crippen LogP contribution in [0.5, 0.6) is 0 Å². The van der Waals surface area contributed by atoms with Gasteiger partial charge in [-0.05, 0) is 38.5 Å². The maximum Gasteiger partial charge on any atom is 0.472 e. The standard InChI is InChI=1S/C52H92NO10P/c1-6-8-10-11-12-13-14-15-16-17-18-19-20-21-22-23-24-29-37-43-52(57)63-50(47-62-64(58,59)61-45-44-53(3,4)5)46-60-51(56)42-36-28-26-25-27-33-39-49(55)41-35-31-30-34-40-48(54)38-32-9-7-2/h9,26-28,30-35,40-41,48-50,54-55H,6-8,10-25,29,36-39,42-47H2,1-5H3/p+1/b28-26-,31-30-,32-9-,33-27-,40-34+,41-35+/t48-,49+,50-/m1/s1. The van der Waals surface area contributed by atoms with Crippen molar-refractivity contribution in [2.24, 2.45) is 0 Å². The number of phosphoric acid groups is 1. The second-order valence-corrected chi connectivity index (χ2v) is 19.3. The fourth-order valence-electron chi connectivity index (χ4n) is 6.51. The van der Waals surface area contributed by atoms with E-state index in [1.54, 1.807) is 36.5 Å². The smallest absolute Gasteiger partial charge is 0.462 e. The van der Waals surface area contributed by atoms with E-state index in [4.69, 9.17) is 18.5 Å². The molecule has 3 N–H and O–H groups in total. The van der Waals surface area contributed by atoms with E-state index in [1.807, 2.05) is 57.6 Å². The molecule has 0 aliphatic rings. The van der Waals surface area contributed by atoms with Crippen molar-refractivity contribution in [3.8, 4) is 0 Å². The Labute approximate surface area is 390 Å². The molecule has 370 valence electrons. The van der Waals surface area contributed by atoms with Gasteiger partial charge in [-0.1, -0.05) is 202 Å². The molecule has 0 bridgehead atoms. The van der Waals surface area contributed by atoms with Crippen molar-refractivity contribution >= 4 is 19.8 Å². The number of carbonyl (C=O) groups excluding carboxylic acids is 2. The number of quaternary nitrogens is 1. The Morgan fingerprint density at radius 2 is 1.06 bits per heavy atom. The molecule has 0 saturated heterocycles. The molecule has 0 aliphatic heterocycles. The minimum atomic E-state index is -4.42. The van der Waals surface area contributed by atoms with Crippen LogP contribution >= 0.6 is 7.82 Å². The first kappa shape index (κ1) is 61.4. The molecule has 0 spiro atoms. The topological polar surface area (TPSA) is 149 Å². The average molecular weight is 923 g/mol. The first-order chi connectivity index (χ1) is 30.8. The Balaban J connectivity index is 4.49. The van der Waals surface area contributed by atoms with E-state index in [1.165, 1.54) is 96.3 Å². The first-order valence-electron chi connectivity index (χ1n) is 24.9. The van der Waals surface area contributed by atoms with Crippen LogP contribution in [0, 0.1) is 0 Å². The molecule has 0 fully saturated rings. The number of hydrogen-bond acceptors (Lipinski definition) is 9. The second-order valence-electron chi connectivity index (χ2n) is 17.9. The van der Waals surface area contributed by atoms with E-state index in [9.17, 15) is 29.3 Å². The van der Waals surface area contributed by atoms with Crippen LogP contribution in [0.4, 0.5) is 0 Å². The lowest BCUT2D eigenvalue weighted by Gasteiger charge is -2.24. The van der Waals surface area contributed by atoms with Crippen LogP contribution in [-0.4, -0.2) is 97.3 Å². The van der Waals surface area contributed by atoms with Gasteiger partial charge in [-0.15, -0.1) is 0 Å². The highest BCUT2D eigenvalue weighted by molar-refractivity contribution is 7.47. The molecule has 4 atom stereocenters. The van der Waals surface area contributed by atoms with Gasteiger partial charge in [0, 0.05) is 12.8 Å². The lowest BCUT2D eigenvalue weighted by molar-refractivity contribution is -0.870. The highest BCUT2D eigenvalue weighted by Crippen LogP contribution is 2.43. The number of aliphatic hydroxyl groups excluding tert-OH is 2. The fourth-order valence-corrected chi connectivity index (χ4v) is 7.25. The average Bonchev–Trinajstić information content (AvgIpc) is 3.24. The first-order valence-corrected chi connectivity index (χ1v) is 26.4. The van der Waals surface area contributed by atoms with Gasteiger partial charge in [0.05, 0.1) is 40.0 Å². The molecule has 0 aliphatic carbocycles. The number of esters is 2. The number of carbonyl (C=O) groups is 2. The molecule has 0 rings (SSSR count). The van der Waals surface area contributed by atoms with Crippen molar-refractivity contribution in [3.63, 3.8) is 0 Å². The minimum Gasteiger partial charge on any atom is -0.462 e. The van der Waals surface area contributed by atoms with Crippen LogP contribution in [0.2, 0.25) is 0 Å². The van der Waals surface area contributed by atoms with Crippen LogP contribution in [0.3, 0.4) is 0 Å². The quantitative estimate of drug-likeness (QED) is 0.0135. The minimum absolute atomic E-state index is 0.000375. The van der Waals surface area contributed by atoms with E-state index in [0.717, 1.165) is 25.7 Å². The maximum absolute atomic E-state index is 12.7. The normalized spacial score (nSPS) is 15.1. The lowest BCUT2D eigenvalue weighted by atomic mass is 10.0. The molecule has 0 amide bonds. The third-order valence-electron chi connectivity index (χ3n) is 10.4. The molecule has 0 heterocycles. The lowest BCUT2D eigenvalue weighted by Crippen LogP contribution is -2.37. The van der Waals surface area contributed by atoms with Crippen LogP contribution in [0.15, 0.2) is 72.9 Å². The van der Waals surface area contributed by atoms with Crippen molar-refractivity contribution in [1.29, 1.82) is 0 Å². The van der Waals surface area contributed by atoms with Gasteiger partial charge < -0.3 is 29.1 Å². The summed E-state index contributed by atoms with van der Waals surface area (Å²) in [5, 5.41) is 20.0. The third kappa shape index (κ3) is 45.9. The van der Waals surface area contributed by atoms with Crippen molar-refractivity contribution in [2.75, 3.05) is 47.5 Å². The van der Waals surface area contributed by atoms with E-state index in [-0.39, 0.29) is 26.1 Å². The number of ether oxygens (including phenoxy) is 2. The van der Waals surface area contributed by atoms with Crippen LogP contribution in [-0.2, 0) is 32.7 Å². The molecule has 0 aromatic heterocycles. The Hall–Kier alpha value is -2.63. The number of phosphoric ester groups is 1. The van der Waals surface area contributed by atoms with Crippen molar-refractivity contribution in [1.82, 2.24) is 0 Å². The Kier molecular flexibility index (Phi) is 41.2. The van der Waals surface area contributed by atoms with Gasteiger partial charge in [-0.3, -0.25) is 18.6 Å². The zero-order chi connectivity index (χ0) is 47.4. The number of unbranched alkanes of at least 4 members (excludes halogenated alkanes) is 18. The van der Waals surface area contributed by atoms with E-state index in [2.05, 4.69) is 13.8 Å². The molecule has 11 nitrogen and oxygen atoms in total. The summed E-state index contributed by atoms with van der Waals surface area (Å²) in [4.78, 5) is 35.5. The predicted octanol–water partition coefficient (Wildman–Crippen LogP) is 12.5. The van der Waals surface area contributed by atoms with E-state index >= 15 is 0 Å². The van der Waals surface area contributed by atoms with Gasteiger partial charge >= 0.3 is 19.8 Å². The van der Waals surface area contributed by atoms with Crippen LogP contribution in [0.25, 0.3) is 0 Å². The Morgan fingerprint density at radius 1 is 0.578 bits per heavy atom. The molecule has 0 aromatic rings. The molecule has 0 aromatic carbocycles. The summed E-state index contributed by atoms with van der Waals surface area (Å²) in [7, 11) is 1.37. The summed E-state index contributed by atoms with van der Waals surface area (Å²) in [6.45, 7) is 4.04. The summed E-state index contributed by atoms with van der Waals surface area (Å²) >= 11 is 0. The molecular formula is C52H93NO10P+. The van der Waals surface area contributed by atoms with Gasteiger partial charge in [-0.2, -0.15) is 0 Å². The highest BCUT2D eigenvalue weighted by atomic mass is 31.2. The molecule has 0 radical (unpaired) electrons. The maximum atomic E-state index is 12.7. The van der Waals surface area contributed by atoms with Crippen LogP contribution < -0.4 is 0 Å². The predicted molar refractivity (Wildman–Crippen MR) is 264 cm³/mol. The number of hydrogen-bond donors (Lipinski definition) is 3. The van der Waals surface area contributed by atoms with Gasteiger partial charge in [0.2, 0.25) is 0 Å². The van der Waals surface area contributed by atoms with Gasteiger partial charge in [0.25, 0.3) is 0 Å². The number of aliphatic hydroxyl groups is 2. The second kappa shape index (κ2) is 43.0. The summed E-state index contributed by atoms with van der Waals surface area (Å²) < 4.78 is 34.3. The van der Waals surface area contributed by atoms with Crippen molar-refractivity contribution in [2.45, 2.75) is 199 Å². The van der Waals surface area contributed by atoms with Crippen molar-refractivity contribution < 1.29 is 52.3 Å². The summed E-state index contributed by atoms with van der Waals surface area (Å²) in [5.41, 5.74) is 0. The van der Waals surface area contributed by atoms with E-state index < -0.39 is 44.7 Å². The molecule has 12 heteroatoms. The summed E-state index contributed by atoms with van der Waals surface area (Å²) in [6, 6.07) is 0. The highest BCUT2D eigenvalue weighted by Gasteiger charge is 2.27. The van der Waals surface area contributed by atoms with Gasteiger partial charge in [0.15, 0.2) is 6.10 Å². The molecule has 0 saturated carbocycles. The Morgan fingerprint density at radius 3 is 1.56 bits per heavy atom. The van der Waals surface area contributed by atoms with E-state index in [0.29, 0.717) is 43.1 Å². The Bertz CT molecular complexity index is 1350. The van der Waals surface area contributed by atoms with Gasteiger partial charge in [0.1, 0.15) is 19.8 Å². The number of nitrogens with zero attached hydrogens (tertiary/aromatic N) is 1. The summed E-state index contributed by atoms with van der Waals surface area (Å²) in [6.07, 6.45) is 47.4. The zero-order valence-corrected chi connectivity index (χ0v) is 41.9. The van der Waals surface area contributed by atoms with Crippen molar-refractivity contribution in [3.05, 3.63) is 72.9 Å². The molecule has 1 unspecified atom stereocenters. The number of allylic oxidation sites excluding steroid dienone is 8. The monoisotopic (exact) mass is 923 g/mol. The number of likely N-dealkylation sites (N-methyl/N-ethyl adjacent to an activating group) is 1. The fraction of sp³-hybridized carbons (Fsp3) is 0.731. The molecule has 64 heavy (non-hydrogen) atoms. The third-order valence-corrected chi connectivity index (χ3v) is 11.4. The SMILES string of the molecule is CC/C=C\C[C@@H](O)/C=C/C=C\C=C\[C@@H](O)C/C=C\C/C=C\CCC(=O)OC[C@H](COP(=O)(O)OCC[N+](C)(C)C)OC(=O)CCCCCCCCCCCCCCCCCCCCC. The zero-order valence-electron chi connectivity index (χ0n) is 41.0. The molecular weight excluding hydrogens is 830 g/mol. The largest absolute Gasteiger partial charge is 0.472 e.